The molecule has 4 bridgehead atoms. The van der Waals surface area contributed by atoms with Crippen molar-refractivity contribution in [2.24, 2.45) is 17.8 Å². The molecular formula is C13H22N2. The maximum absolute atomic E-state index is 2.84. The van der Waals surface area contributed by atoms with E-state index < -0.39 is 0 Å². The minimum Gasteiger partial charge on any atom is -0.287 e. The smallest absolute Gasteiger partial charge is 0.0651 e. The van der Waals surface area contributed by atoms with Crippen molar-refractivity contribution < 1.29 is 0 Å². The molecule has 0 amide bonds. The van der Waals surface area contributed by atoms with Crippen LogP contribution >= 0.6 is 0 Å². The Kier molecular flexibility index (Phi) is 1.92. The molecule has 5 fully saturated rings. The molecule has 0 aromatic carbocycles. The zero-order valence-corrected chi connectivity index (χ0v) is 9.57. The third-order valence-corrected chi connectivity index (χ3v) is 5.21. The molecule has 1 saturated carbocycles. The van der Waals surface area contributed by atoms with Crippen LogP contribution in [0.2, 0.25) is 0 Å². The molecular weight excluding hydrogens is 184 g/mol. The van der Waals surface area contributed by atoms with Crippen molar-refractivity contribution in [1.82, 2.24) is 9.80 Å². The molecule has 0 aromatic heterocycles. The van der Waals surface area contributed by atoms with E-state index in [1.165, 1.54) is 58.3 Å². The van der Waals surface area contributed by atoms with Crippen LogP contribution in [0.5, 0.6) is 0 Å². The van der Waals surface area contributed by atoms with Crippen molar-refractivity contribution in [2.45, 2.75) is 38.3 Å². The summed E-state index contributed by atoms with van der Waals surface area (Å²) in [5.74, 6) is 3.07. The molecule has 84 valence electrons. The van der Waals surface area contributed by atoms with Crippen LogP contribution in [0.25, 0.3) is 0 Å². The normalized spacial score (nSPS) is 54.0. The molecule has 4 aliphatic heterocycles. The average molecular weight is 206 g/mol. The Morgan fingerprint density at radius 2 is 1.27 bits per heavy atom. The summed E-state index contributed by atoms with van der Waals surface area (Å²) in [6, 6.07) is 0. The van der Waals surface area contributed by atoms with E-state index in [1.807, 2.05) is 0 Å². The van der Waals surface area contributed by atoms with E-state index in [0.29, 0.717) is 0 Å². The molecule has 0 atom stereocenters. The standard InChI is InChI=1S/C13H22N2/c1-2-4-12(3-1)13-14-6-10-5-11(8-14)9-15(13)7-10/h10-13H,1-9H2. The Hall–Kier alpha value is -0.0800. The first-order valence-electron chi connectivity index (χ1n) is 6.88. The lowest BCUT2D eigenvalue weighted by Crippen LogP contribution is -2.69. The summed E-state index contributed by atoms with van der Waals surface area (Å²) < 4.78 is 0. The molecule has 2 nitrogen and oxygen atoms in total. The molecule has 4 heterocycles. The van der Waals surface area contributed by atoms with Gasteiger partial charge in [0.15, 0.2) is 0 Å². The second-order valence-electron chi connectivity index (χ2n) is 6.33. The van der Waals surface area contributed by atoms with Crippen molar-refractivity contribution in [3.8, 4) is 0 Å². The predicted octanol–water partition coefficient (Wildman–Crippen LogP) is 1.77. The molecule has 2 heteroatoms. The summed E-state index contributed by atoms with van der Waals surface area (Å²) in [5.41, 5.74) is 0. The Balaban J connectivity index is 1.59. The Labute approximate surface area is 92.6 Å². The molecule has 1 aliphatic carbocycles. The third kappa shape index (κ3) is 1.31. The largest absolute Gasteiger partial charge is 0.287 e. The van der Waals surface area contributed by atoms with Crippen LogP contribution in [0.15, 0.2) is 0 Å². The first-order chi connectivity index (χ1) is 7.40. The monoisotopic (exact) mass is 206 g/mol. The quantitative estimate of drug-likeness (QED) is 0.645. The summed E-state index contributed by atoms with van der Waals surface area (Å²) in [6.45, 7) is 5.70. The fourth-order valence-corrected chi connectivity index (χ4v) is 4.88. The van der Waals surface area contributed by atoms with Gasteiger partial charge in [-0.1, -0.05) is 12.8 Å². The molecule has 0 aromatic rings. The lowest BCUT2D eigenvalue weighted by Gasteiger charge is -2.59. The number of nitrogens with zero attached hydrogens (tertiary/aromatic N) is 2. The number of hydrogen-bond acceptors (Lipinski definition) is 2. The Morgan fingerprint density at radius 3 is 1.80 bits per heavy atom. The number of hydrogen-bond donors (Lipinski definition) is 0. The van der Waals surface area contributed by atoms with Gasteiger partial charge in [-0.3, -0.25) is 9.80 Å². The van der Waals surface area contributed by atoms with Crippen molar-refractivity contribution in [3.05, 3.63) is 0 Å². The summed E-state index contributed by atoms with van der Waals surface area (Å²) in [5, 5.41) is 0. The van der Waals surface area contributed by atoms with Gasteiger partial charge in [-0.25, -0.2) is 0 Å². The van der Waals surface area contributed by atoms with Crippen molar-refractivity contribution in [1.29, 1.82) is 0 Å². The van der Waals surface area contributed by atoms with Gasteiger partial charge in [0.2, 0.25) is 0 Å². The van der Waals surface area contributed by atoms with Gasteiger partial charge in [0.25, 0.3) is 0 Å². The Morgan fingerprint density at radius 1 is 0.733 bits per heavy atom. The van der Waals surface area contributed by atoms with Gasteiger partial charge in [-0.05, 0) is 37.0 Å². The second-order valence-corrected chi connectivity index (χ2v) is 6.33. The highest BCUT2D eigenvalue weighted by Crippen LogP contribution is 2.42. The summed E-state index contributed by atoms with van der Waals surface area (Å²) in [4.78, 5) is 5.67. The van der Waals surface area contributed by atoms with Crippen LogP contribution in [0, 0.1) is 17.8 Å². The highest BCUT2D eigenvalue weighted by atomic mass is 15.4. The number of rotatable bonds is 1. The van der Waals surface area contributed by atoms with Gasteiger partial charge in [-0.15, -0.1) is 0 Å². The summed E-state index contributed by atoms with van der Waals surface area (Å²) in [7, 11) is 0. The molecule has 0 spiro atoms. The second kappa shape index (κ2) is 3.21. The minimum absolute atomic E-state index is 0.861. The van der Waals surface area contributed by atoms with E-state index in [-0.39, 0.29) is 0 Å². The van der Waals surface area contributed by atoms with E-state index in [2.05, 4.69) is 9.80 Å². The molecule has 15 heavy (non-hydrogen) atoms. The minimum atomic E-state index is 0.861. The summed E-state index contributed by atoms with van der Waals surface area (Å²) in [6.07, 6.45) is 8.40. The fraction of sp³-hybridized carbons (Fsp3) is 1.00. The maximum atomic E-state index is 2.84. The van der Waals surface area contributed by atoms with E-state index in [1.54, 1.807) is 0 Å². The molecule has 5 aliphatic rings. The van der Waals surface area contributed by atoms with Crippen LogP contribution in [0.4, 0.5) is 0 Å². The Bertz CT molecular complexity index is 229. The first kappa shape index (κ1) is 9.00. The van der Waals surface area contributed by atoms with Crippen molar-refractivity contribution >= 4 is 0 Å². The van der Waals surface area contributed by atoms with Crippen LogP contribution in [-0.2, 0) is 0 Å². The first-order valence-corrected chi connectivity index (χ1v) is 6.88. The lowest BCUT2D eigenvalue weighted by atomic mass is 9.79. The highest BCUT2D eigenvalue weighted by molar-refractivity contribution is 4.99. The zero-order valence-electron chi connectivity index (χ0n) is 9.57. The van der Waals surface area contributed by atoms with Gasteiger partial charge in [0.05, 0.1) is 6.17 Å². The zero-order chi connectivity index (χ0) is 9.83. The topological polar surface area (TPSA) is 6.48 Å². The van der Waals surface area contributed by atoms with Gasteiger partial charge in [0.1, 0.15) is 0 Å². The predicted molar refractivity (Wildman–Crippen MR) is 60.5 cm³/mol. The fourth-order valence-electron chi connectivity index (χ4n) is 4.88. The molecule has 0 N–H and O–H groups in total. The van der Waals surface area contributed by atoms with Gasteiger partial charge < -0.3 is 0 Å². The SMILES string of the molecule is C1CCC(C2N3CC4CC(C3)CN2C4)C1. The van der Waals surface area contributed by atoms with Crippen LogP contribution in [0.1, 0.15) is 32.1 Å². The van der Waals surface area contributed by atoms with Gasteiger partial charge >= 0.3 is 0 Å². The molecule has 4 saturated heterocycles. The summed E-state index contributed by atoms with van der Waals surface area (Å²) >= 11 is 0. The molecule has 0 radical (unpaired) electrons. The van der Waals surface area contributed by atoms with Crippen LogP contribution in [0.3, 0.4) is 0 Å². The average Bonchev–Trinajstić information content (AvgIpc) is 2.69. The van der Waals surface area contributed by atoms with Crippen molar-refractivity contribution in [2.75, 3.05) is 26.2 Å². The number of piperidine rings is 2. The van der Waals surface area contributed by atoms with E-state index in [4.69, 9.17) is 0 Å². The van der Waals surface area contributed by atoms with E-state index in [0.717, 1.165) is 23.9 Å². The third-order valence-electron chi connectivity index (χ3n) is 5.21. The van der Waals surface area contributed by atoms with E-state index >= 15 is 0 Å². The van der Waals surface area contributed by atoms with Crippen molar-refractivity contribution in [3.63, 3.8) is 0 Å². The van der Waals surface area contributed by atoms with E-state index in [9.17, 15) is 0 Å². The van der Waals surface area contributed by atoms with Crippen LogP contribution in [-0.4, -0.2) is 42.1 Å². The maximum Gasteiger partial charge on any atom is 0.0651 e. The lowest BCUT2D eigenvalue weighted by molar-refractivity contribution is -0.142. The highest BCUT2D eigenvalue weighted by Gasteiger charge is 2.48. The van der Waals surface area contributed by atoms with Gasteiger partial charge in [0, 0.05) is 26.2 Å². The van der Waals surface area contributed by atoms with Gasteiger partial charge in [-0.2, -0.15) is 0 Å². The molecule has 0 unspecified atom stereocenters. The van der Waals surface area contributed by atoms with Crippen LogP contribution < -0.4 is 0 Å². The molecule has 5 rings (SSSR count).